The standard InChI is InChI=1S/C12H17ClF3NO/c13-10-4-5-17(7-10)11(18)8-2-1-3-9(6-8)12(14,15)16/h8-10H,1-7H2. The summed E-state index contributed by atoms with van der Waals surface area (Å²) in [6, 6.07) is 0. The van der Waals surface area contributed by atoms with E-state index in [9.17, 15) is 18.0 Å². The van der Waals surface area contributed by atoms with Crippen LogP contribution in [0.3, 0.4) is 0 Å². The van der Waals surface area contributed by atoms with Crippen LogP contribution in [0.4, 0.5) is 13.2 Å². The number of hydrogen-bond acceptors (Lipinski definition) is 1. The van der Waals surface area contributed by atoms with Crippen LogP contribution in [0.2, 0.25) is 0 Å². The van der Waals surface area contributed by atoms with Gasteiger partial charge in [0, 0.05) is 19.0 Å². The fraction of sp³-hybridized carbons (Fsp3) is 0.917. The van der Waals surface area contributed by atoms with Crippen molar-refractivity contribution in [3.8, 4) is 0 Å². The normalized spacial score (nSPS) is 33.8. The SMILES string of the molecule is O=C(C1CCCC(C(F)(F)F)C1)N1CCC(Cl)C1. The van der Waals surface area contributed by atoms with E-state index in [-0.39, 0.29) is 24.1 Å². The van der Waals surface area contributed by atoms with Crippen LogP contribution in [0.15, 0.2) is 0 Å². The van der Waals surface area contributed by atoms with Gasteiger partial charge in [0.1, 0.15) is 0 Å². The van der Waals surface area contributed by atoms with Crippen molar-refractivity contribution in [1.29, 1.82) is 0 Å². The predicted molar refractivity (Wildman–Crippen MR) is 62.3 cm³/mol. The number of carbonyl (C=O) groups is 1. The Morgan fingerprint density at radius 1 is 1.22 bits per heavy atom. The maximum absolute atomic E-state index is 12.7. The van der Waals surface area contributed by atoms with E-state index in [4.69, 9.17) is 11.6 Å². The fourth-order valence-electron chi connectivity index (χ4n) is 2.89. The average molecular weight is 284 g/mol. The van der Waals surface area contributed by atoms with Crippen LogP contribution in [-0.2, 0) is 4.79 Å². The molecule has 0 bridgehead atoms. The third-order valence-electron chi connectivity index (χ3n) is 3.93. The molecule has 0 aromatic rings. The second kappa shape index (κ2) is 5.27. The molecule has 2 fully saturated rings. The molecule has 2 nitrogen and oxygen atoms in total. The van der Waals surface area contributed by atoms with Crippen LogP contribution < -0.4 is 0 Å². The molecule has 18 heavy (non-hydrogen) atoms. The van der Waals surface area contributed by atoms with E-state index in [1.54, 1.807) is 4.90 Å². The second-order valence-corrected chi connectivity index (χ2v) is 5.89. The number of amides is 1. The Hall–Kier alpha value is -0.450. The molecule has 104 valence electrons. The summed E-state index contributed by atoms with van der Waals surface area (Å²) < 4.78 is 38.0. The van der Waals surface area contributed by atoms with Crippen LogP contribution >= 0.6 is 11.6 Å². The van der Waals surface area contributed by atoms with Crippen molar-refractivity contribution in [2.24, 2.45) is 11.8 Å². The topological polar surface area (TPSA) is 20.3 Å². The van der Waals surface area contributed by atoms with Gasteiger partial charge in [0.05, 0.1) is 11.3 Å². The lowest BCUT2D eigenvalue weighted by atomic mass is 9.80. The molecule has 1 heterocycles. The molecule has 0 aromatic heterocycles. The Balaban J connectivity index is 1.94. The highest BCUT2D eigenvalue weighted by Crippen LogP contribution is 2.40. The third kappa shape index (κ3) is 3.11. The number of likely N-dealkylation sites (tertiary alicyclic amines) is 1. The van der Waals surface area contributed by atoms with E-state index in [1.807, 2.05) is 0 Å². The van der Waals surface area contributed by atoms with Gasteiger partial charge in [0.25, 0.3) is 0 Å². The molecule has 1 saturated heterocycles. The summed E-state index contributed by atoms with van der Waals surface area (Å²) in [7, 11) is 0. The number of halogens is 4. The van der Waals surface area contributed by atoms with Crippen molar-refractivity contribution < 1.29 is 18.0 Å². The molecule has 2 rings (SSSR count). The number of nitrogens with zero attached hydrogens (tertiary/aromatic N) is 1. The van der Waals surface area contributed by atoms with E-state index in [0.717, 1.165) is 6.42 Å². The van der Waals surface area contributed by atoms with Gasteiger partial charge in [-0.25, -0.2) is 0 Å². The van der Waals surface area contributed by atoms with Crippen molar-refractivity contribution in [1.82, 2.24) is 4.90 Å². The van der Waals surface area contributed by atoms with Crippen LogP contribution in [0, 0.1) is 11.8 Å². The molecule has 0 spiro atoms. The largest absolute Gasteiger partial charge is 0.391 e. The van der Waals surface area contributed by atoms with Crippen LogP contribution in [0.1, 0.15) is 32.1 Å². The highest BCUT2D eigenvalue weighted by molar-refractivity contribution is 6.21. The fourth-order valence-corrected chi connectivity index (χ4v) is 3.15. The zero-order chi connectivity index (χ0) is 13.3. The maximum Gasteiger partial charge on any atom is 0.391 e. The lowest BCUT2D eigenvalue weighted by molar-refractivity contribution is -0.187. The summed E-state index contributed by atoms with van der Waals surface area (Å²) in [6.45, 7) is 1.06. The molecule has 1 amide bonds. The first kappa shape index (κ1) is 14.0. The molecule has 0 radical (unpaired) electrons. The molecule has 1 saturated carbocycles. The van der Waals surface area contributed by atoms with E-state index < -0.39 is 18.0 Å². The summed E-state index contributed by atoms with van der Waals surface area (Å²) >= 11 is 5.92. The number of hydrogen-bond donors (Lipinski definition) is 0. The first-order chi connectivity index (χ1) is 8.38. The summed E-state index contributed by atoms with van der Waals surface area (Å²) in [5, 5.41) is -0.0454. The van der Waals surface area contributed by atoms with Crippen molar-refractivity contribution in [3.63, 3.8) is 0 Å². The molecule has 2 aliphatic rings. The van der Waals surface area contributed by atoms with Gasteiger partial charge in [0.2, 0.25) is 5.91 Å². The maximum atomic E-state index is 12.7. The van der Waals surface area contributed by atoms with Gasteiger partial charge < -0.3 is 4.90 Å². The van der Waals surface area contributed by atoms with Crippen molar-refractivity contribution in [2.45, 2.75) is 43.7 Å². The summed E-state index contributed by atoms with van der Waals surface area (Å²) in [6.07, 6.45) is -2.26. The number of carbonyl (C=O) groups excluding carboxylic acids is 1. The smallest absolute Gasteiger partial charge is 0.341 e. The van der Waals surface area contributed by atoms with E-state index in [2.05, 4.69) is 0 Å². The Morgan fingerprint density at radius 3 is 2.50 bits per heavy atom. The third-order valence-corrected chi connectivity index (χ3v) is 4.29. The highest BCUT2D eigenvalue weighted by Gasteiger charge is 2.44. The first-order valence-corrected chi connectivity index (χ1v) is 6.81. The van der Waals surface area contributed by atoms with Gasteiger partial charge in [-0.3, -0.25) is 4.79 Å². The van der Waals surface area contributed by atoms with Gasteiger partial charge in [-0.1, -0.05) is 6.42 Å². The highest BCUT2D eigenvalue weighted by atomic mass is 35.5. The minimum absolute atomic E-state index is 0.0454. The van der Waals surface area contributed by atoms with E-state index in [1.165, 1.54) is 0 Å². The summed E-state index contributed by atoms with van der Waals surface area (Å²) in [5.41, 5.74) is 0. The molecule has 6 heteroatoms. The molecular weight excluding hydrogens is 267 g/mol. The molecule has 0 aromatic carbocycles. The monoisotopic (exact) mass is 283 g/mol. The molecule has 0 N–H and O–H groups in total. The summed E-state index contributed by atoms with van der Waals surface area (Å²) in [5.74, 6) is -1.91. The Kier molecular flexibility index (Phi) is 4.09. The summed E-state index contributed by atoms with van der Waals surface area (Å²) in [4.78, 5) is 13.7. The zero-order valence-corrected chi connectivity index (χ0v) is 10.8. The first-order valence-electron chi connectivity index (χ1n) is 6.37. The Bertz CT molecular complexity index is 321. The minimum Gasteiger partial charge on any atom is -0.341 e. The molecule has 3 unspecified atom stereocenters. The number of alkyl halides is 4. The molecule has 3 atom stereocenters. The lowest BCUT2D eigenvalue weighted by Gasteiger charge is -2.32. The lowest BCUT2D eigenvalue weighted by Crippen LogP contribution is -2.39. The van der Waals surface area contributed by atoms with Crippen molar-refractivity contribution in [3.05, 3.63) is 0 Å². The van der Waals surface area contributed by atoms with Crippen molar-refractivity contribution in [2.75, 3.05) is 13.1 Å². The zero-order valence-electron chi connectivity index (χ0n) is 10.0. The quantitative estimate of drug-likeness (QED) is 0.677. The second-order valence-electron chi connectivity index (χ2n) is 5.27. The van der Waals surface area contributed by atoms with Gasteiger partial charge in [-0.15, -0.1) is 11.6 Å². The minimum atomic E-state index is -4.17. The van der Waals surface area contributed by atoms with Gasteiger partial charge >= 0.3 is 6.18 Å². The van der Waals surface area contributed by atoms with E-state index in [0.29, 0.717) is 25.9 Å². The van der Waals surface area contributed by atoms with Crippen LogP contribution in [-0.4, -0.2) is 35.4 Å². The number of rotatable bonds is 1. The van der Waals surface area contributed by atoms with E-state index >= 15 is 0 Å². The van der Waals surface area contributed by atoms with Crippen molar-refractivity contribution >= 4 is 17.5 Å². The Labute approximate surface area is 109 Å². The molecular formula is C12H17ClF3NO. The predicted octanol–water partition coefficient (Wildman–Crippen LogP) is 3.19. The van der Waals surface area contributed by atoms with Crippen LogP contribution in [0.5, 0.6) is 0 Å². The van der Waals surface area contributed by atoms with Gasteiger partial charge in [-0.05, 0) is 25.7 Å². The van der Waals surface area contributed by atoms with Crippen LogP contribution in [0.25, 0.3) is 0 Å². The van der Waals surface area contributed by atoms with Gasteiger partial charge in [-0.2, -0.15) is 13.2 Å². The average Bonchev–Trinajstić information content (AvgIpc) is 2.74. The molecule has 1 aliphatic heterocycles. The molecule has 1 aliphatic carbocycles. The van der Waals surface area contributed by atoms with Gasteiger partial charge in [0.15, 0.2) is 0 Å². The Morgan fingerprint density at radius 2 is 1.94 bits per heavy atom.